The molecule has 2 nitrogen and oxygen atoms in total. The van der Waals surface area contributed by atoms with E-state index in [1.54, 1.807) is 0 Å². The summed E-state index contributed by atoms with van der Waals surface area (Å²) >= 11 is 0. The molecule has 2 heteroatoms. The summed E-state index contributed by atoms with van der Waals surface area (Å²) in [5, 5.41) is 3.54. The number of nitrogens with zero attached hydrogens (tertiary/aromatic N) is 1. The highest BCUT2D eigenvalue weighted by Crippen LogP contribution is 2.25. The van der Waals surface area contributed by atoms with Crippen molar-refractivity contribution >= 4 is 0 Å². The molecule has 1 N–H and O–H groups in total. The van der Waals surface area contributed by atoms with Gasteiger partial charge < -0.3 is 10.2 Å². The molecule has 2 fully saturated rings. The molecule has 112 valence electrons. The van der Waals surface area contributed by atoms with E-state index in [0.29, 0.717) is 0 Å². The summed E-state index contributed by atoms with van der Waals surface area (Å²) in [4.78, 5) is 2.73. The van der Waals surface area contributed by atoms with Crippen molar-refractivity contribution in [2.75, 3.05) is 32.7 Å². The lowest BCUT2D eigenvalue weighted by atomic mass is 9.89. The molecule has 0 aliphatic carbocycles. The third-order valence-corrected chi connectivity index (χ3v) is 5.29. The van der Waals surface area contributed by atoms with Crippen molar-refractivity contribution in [1.29, 1.82) is 0 Å². The minimum atomic E-state index is 0.883. The van der Waals surface area contributed by atoms with E-state index in [1.807, 2.05) is 0 Å². The van der Waals surface area contributed by atoms with Crippen LogP contribution < -0.4 is 5.32 Å². The van der Waals surface area contributed by atoms with Crippen molar-refractivity contribution in [3.63, 3.8) is 0 Å². The summed E-state index contributed by atoms with van der Waals surface area (Å²) in [6.45, 7) is 11.4. The van der Waals surface area contributed by atoms with Crippen molar-refractivity contribution in [1.82, 2.24) is 10.2 Å². The quantitative estimate of drug-likeness (QED) is 0.819. The van der Waals surface area contributed by atoms with Gasteiger partial charge in [0.1, 0.15) is 0 Å². The average molecular weight is 266 g/mol. The highest BCUT2D eigenvalue weighted by molar-refractivity contribution is 4.73. The van der Waals surface area contributed by atoms with E-state index in [4.69, 9.17) is 0 Å². The molecule has 2 heterocycles. The Bertz CT molecular complexity index is 233. The maximum absolute atomic E-state index is 3.54. The largest absolute Gasteiger partial charge is 0.316 e. The average Bonchev–Trinajstić information content (AvgIpc) is 2.66. The Labute approximate surface area is 120 Å². The Hall–Kier alpha value is -0.0800. The fourth-order valence-electron chi connectivity index (χ4n) is 3.85. The normalized spacial score (nSPS) is 30.5. The van der Waals surface area contributed by atoms with Gasteiger partial charge in [0, 0.05) is 0 Å². The summed E-state index contributed by atoms with van der Waals surface area (Å²) in [6.07, 6.45) is 10.0. The first-order valence-corrected chi connectivity index (χ1v) is 8.69. The van der Waals surface area contributed by atoms with Crippen LogP contribution >= 0.6 is 0 Å². The highest BCUT2D eigenvalue weighted by atomic mass is 15.1. The molecule has 0 aromatic heterocycles. The smallest absolute Gasteiger partial charge is 0.00160 e. The van der Waals surface area contributed by atoms with E-state index in [2.05, 4.69) is 24.1 Å². The highest BCUT2D eigenvalue weighted by Gasteiger charge is 2.19. The first-order valence-electron chi connectivity index (χ1n) is 8.69. The van der Waals surface area contributed by atoms with Crippen LogP contribution in [-0.4, -0.2) is 37.6 Å². The van der Waals surface area contributed by atoms with Gasteiger partial charge in [-0.3, -0.25) is 0 Å². The van der Waals surface area contributed by atoms with Crippen LogP contribution in [0.2, 0.25) is 0 Å². The lowest BCUT2D eigenvalue weighted by molar-refractivity contribution is 0.252. The minimum Gasteiger partial charge on any atom is -0.316 e. The number of piperidine rings is 1. The molecule has 2 rings (SSSR count). The second-order valence-electron chi connectivity index (χ2n) is 7.13. The molecule has 2 saturated heterocycles. The van der Waals surface area contributed by atoms with Crippen LogP contribution in [0.5, 0.6) is 0 Å². The van der Waals surface area contributed by atoms with Crippen molar-refractivity contribution < 1.29 is 0 Å². The van der Waals surface area contributed by atoms with Crippen molar-refractivity contribution in [3.05, 3.63) is 0 Å². The van der Waals surface area contributed by atoms with Gasteiger partial charge in [-0.15, -0.1) is 0 Å². The molecule has 2 aliphatic heterocycles. The first-order chi connectivity index (χ1) is 9.25. The zero-order valence-electron chi connectivity index (χ0n) is 13.2. The molecule has 19 heavy (non-hydrogen) atoms. The van der Waals surface area contributed by atoms with Crippen LogP contribution in [-0.2, 0) is 0 Å². The Morgan fingerprint density at radius 2 is 2.00 bits per heavy atom. The van der Waals surface area contributed by atoms with Gasteiger partial charge in [0.2, 0.25) is 0 Å². The van der Waals surface area contributed by atoms with E-state index < -0.39 is 0 Å². The summed E-state index contributed by atoms with van der Waals surface area (Å²) in [6, 6.07) is 0. The molecule has 0 saturated carbocycles. The van der Waals surface area contributed by atoms with E-state index in [1.165, 1.54) is 77.7 Å². The number of hydrogen-bond acceptors (Lipinski definition) is 2. The fourth-order valence-corrected chi connectivity index (χ4v) is 3.85. The Morgan fingerprint density at radius 1 is 1.11 bits per heavy atom. The van der Waals surface area contributed by atoms with Gasteiger partial charge in [-0.05, 0) is 95.4 Å². The topological polar surface area (TPSA) is 15.3 Å². The standard InChI is InChI=1S/C17H34N2/c1-15(2)17-8-5-12-19(13-9-17)11-4-7-16-6-3-10-18-14-16/h15-18H,3-14H2,1-2H3. The van der Waals surface area contributed by atoms with Crippen LogP contribution in [0.3, 0.4) is 0 Å². The van der Waals surface area contributed by atoms with E-state index >= 15 is 0 Å². The molecule has 2 unspecified atom stereocenters. The van der Waals surface area contributed by atoms with Gasteiger partial charge in [0.15, 0.2) is 0 Å². The minimum absolute atomic E-state index is 0.883. The predicted octanol–water partition coefficient (Wildman–Crippen LogP) is 3.52. The second-order valence-corrected chi connectivity index (χ2v) is 7.13. The molecular formula is C17H34N2. The van der Waals surface area contributed by atoms with Crippen LogP contribution in [0.25, 0.3) is 0 Å². The molecule has 0 aromatic rings. The SMILES string of the molecule is CC(C)C1CCCN(CCCC2CCCNC2)CC1. The van der Waals surface area contributed by atoms with Gasteiger partial charge >= 0.3 is 0 Å². The summed E-state index contributed by atoms with van der Waals surface area (Å²) in [7, 11) is 0. The third-order valence-electron chi connectivity index (χ3n) is 5.29. The van der Waals surface area contributed by atoms with E-state index in [9.17, 15) is 0 Å². The predicted molar refractivity (Wildman–Crippen MR) is 83.4 cm³/mol. The lowest BCUT2D eigenvalue weighted by Gasteiger charge is -2.25. The lowest BCUT2D eigenvalue weighted by Crippen LogP contribution is -2.31. The molecule has 0 radical (unpaired) electrons. The maximum Gasteiger partial charge on any atom is -0.00160 e. The fraction of sp³-hybridized carbons (Fsp3) is 1.00. The molecule has 0 aromatic carbocycles. The van der Waals surface area contributed by atoms with Gasteiger partial charge in [0.05, 0.1) is 0 Å². The second kappa shape index (κ2) is 8.26. The zero-order valence-corrected chi connectivity index (χ0v) is 13.2. The summed E-state index contributed by atoms with van der Waals surface area (Å²) < 4.78 is 0. The van der Waals surface area contributed by atoms with E-state index in [-0.39, 0.29) is 0 Å². The van der Waals surface area contributed by atoms with Crippen LogP contribution in [0.4, 0.5) is 0 Å². The Kier molecular flexibility index (Phi) is 6.66. The zero-order chi connectivity index (χ0) is 13.5. The van der Waals surface area contributed by atoms with Crippen molar-refractivity contribution in [3.8, 4) is 0 Å². The number of rotatable bonds is 5. The Balaban J connectivity index is 1.60. The molecule has 0 amide bonds. The van der Waals surface area contributed by atoms with E-state index in [0.717, 1.165) is 17.8 Å². The van der Waals surface area contributed by atoms with Crippen LogP contribution in [0.1, 0.15) is 58.8 Å². The molecule has 0 spiro atoms. The number of likely N-dealkylation sites (tertiary alicyclic amines) is 1. The van der Waals surface area contributed by atoms with Crippen LogP contribution in [0.15, 0.2) is 0 Å². The molecule has 2 aliphatic rings. The third kappa shape index (κ3) is 5.43. The van der Waals surface area contributed by atoms with Gasteiger partial charge in [-0.1, -0.05) is 13.8 Å². The molecule has 0 bridgehead atoms. The van der Waals surface area contributed by atoms with Crippen molar-refractivity contribution in [2.45, 2.75) is 58.8 Å². The monoisotopic (exact) mass is 266 g/mol. The molecule has 2 atom stereocenters. The Morgan fingerprint density at radius 3 is 2.74 bits per heavy atom. The number of hydrogen-bond donors (Lipinski definition) is 1. The number of nitrogens with one attached hydrogen (secondary N) is 1. The summed E-state index contributed by atoms with van der Waals surface area (Å²) in [5.41, 5.74) is 0. The first kappa shape index (κ1) is 15.3. The maximum atomic E-state index is 3.54. The van der Waals surface area contributed by atoms with Gasteiger partial charge in [-0.2, -0.15) is 0 Å². The van der Waals surface area contributed by atoms with Gasteiger partial charge in [0.25, 0.3) is 0 Å². The summed E-state index contributed by atoms with van der Waals surface area (Å²) in [5.74, 6) is 2.82. The van der Waals surface area contributed by atoms with Crippen molar-refractivity contribution in [2.24, 2.45) is 17.8 Å². The van der Waals surface area contributed by atoms with Gasteiger partial charge in [-0.25, -0.2) is 0 Å². The molecular weight excluding hydrogens is 232 g/mol. The van der Waals surface area contributed by atoms with Crippen LogP contribution in [0, 0.1) is 17.8 Å².